The largest absolute Gasteiger partial charge is 0.349 e. The highest BCUT2D eigenvalue weighted by molar-refractivity contribution is 6.06. The Balaban J connectivity index is 1.08. The fourth-order valence-corrected chi connectivity index (χ4v) is 5.38. The van der Waals surface area contributed by atoms with E-state index in [1.807, 2.05) is 36.5 Å². The van der Waals surface area contributed by atoms with Crippen molar-refractivity contribution in [3.8, 4) is 0 Å². The first-order valence-electron chi connectivity index (χ1n) is 12.8. The third-order valence-corrected chi connectivity index (χ3v) is 7.47. The molecule has 1 aliphatic carbocycles. The highest BCUT2D eigenvalue weighted by atomic mass is 16.1. The third kappa shape index (κ3) is 5.12. The molecule has 1 aromatic carbocycles. The molecule has 1 saturated carbocycles. The minimum atomic E-state index is 0.0249. The van der Waals surface area contributed by atoms with E-state index in [1.54, 1.807) is 6.20 Å². The number of hydrogen-bond acceptors (Lipinski definition) is 5. The van der Waals surface area contributed by atoms with Gasteiger partial charge in [0.1, 0.15) is 5.82 Å². The normalized spacial score (nSPS) is 20.9. The number of hydrogen-bond donors (Lipinski definition) is 1. The van der Waals surface area contributed by atoms with E-state index in [0.29, 0.717) is 5.92 Å². The zero-order valence-electron chi connectivity index (χ0n) is 20.3. The minimum absolute atomic E-state index is 0.0249. The summed E-state index contributed by atoms with van der Waals surface area (Å²) in [6.45, 7) is 7.50. The third-order valence-electron chi connectivity index (χ3n) is 7.47. The molecule has 5 rings (SSSR count). The molecule has 34 heavy (non-hydrogen) atoms. The van der Waals surface area contributed by atoms with Gasteiger partial charge in [-0.25, -0.2) is 9.97 Å². The van der Waals surface area contributed by atoms with Gasteiger partial charge in [0, 0.05) is 66.1 Å². The lowest BCUT2D eigenvalue weighted by Crippen LogP contribution is -2.38. The lowest BCUT2D eigenvalue weighted by Gasteiger charge is -2.32. The van der Waals surface area contributed by atoms with Gasteiger partial charge in [0.25, 0.3) is 5.91 Å². The van der Waals surface area contributed by atoms with Crippen LogP contribution in [0.25, 0.3) is 10.9 Å². The van der Waals surface area contributed by atoms with E-state index in [9.17, 15) is 4.79 Å². The number of amides is 1. The molecule has 0 unspecified atom stereocenters. The Hall–Kier alpha value is -2.86. The number of rotatable bonds is 6. The summed E-state index contributed by atoms with van der Waals surface area (Å²) in [5.74, 6) is 2.12. The summed E-state index contributed by atoms with van der Waals surface area (Å²) in [6, 6.07) is 9.90. The van der Waals surface area contributed by atoms with Crippen molar-refractivity contribution in [3.05, 3.63) is 65.4 Å². The van der Waals surface area contributed by atoms with Crippen LogP contribution in [0.2, 0.25) is 0 Å². The molecule has 1 amide bonds. The van der Waals surface area contributed by atoms with Crippen LogP contribution in [-0.4, -0.2) is 44.9 Å². The summed E-state index contributed by atoms with van der Waals surface area (Å²) in [5.41, 5.74) is 4.13. The number of aromatic nitrogens is 3. The zero-order valence-corrected chi connectivity index (χ0v) is 20.3. The molecule has 3 aromatic rings. The second kappa shape index (κ2) is 10.2. The van der Waals surface area contributed by atoms with Crippen LogP contribution in [0.1, 0.15) is 79.3 Å². The fourth-order valence-electron chi connectivity index (χ4n) is 5.38. The van der Waals surface area contributed by atoms with Crippen LogP contribution in [0.3, 0.4) is 0 Å². The average molecular weight is 458 g/mol. The lowest BCUT2D eigenvalue weighted by atomic mass is 9.83. The molecule has 178 valence electrons. The molecule has 2 aromatic heterocycles. The predicted octanol–water partition coefficient (Wildman–Crippen LogP) is 4.89. The number of nitrogens with one attached hydrogen (secondary N) is 1. The molecule has 6 heteroatoms. The molecule has 1 fully saturated rings. The van der Waals surface area contributed by atoms with E-state index in [-0.39, 0.29) is 11.9 Å². The second-order valence-electron chi connectivity index (χ2n) is 10.2. The quantitative estimate of drug-likeness (QED) is 0.571. The van der Waals surface area contributed by atoms with Crippen LogP contribution in [0.4, 0.5) is 0 Å². The highest BCUT2D eigenvalue weighted by Gasteiger charge is 2.25. The summed E-state index contributed by atoms with van der Waals surface area (Å²) in [6.07, 6.45) is 10.6. The molecule has 6 nitrogen and oxygen atoms in total. The average Bonchev–Trinajstić information content (AvgIpc) is 2.87. The lowest BCUT2D eigenvalue weighted by molar-refractivity contribution is 0.0921. The van der Waals surface area contributed by atoms with Crippen LogP contribution >= 0.6 is 0 Å². The predicted molar refractivity (Wildman–Crippen MR) is 135 cm³/mol. The molecule has 0 bridgehead atoms. The first kappa shape index (κ1) is 22.9. The van der Waals surface area contributed by atoms with Crippen molar-refractivity contribution in [2.24, 2.45) is 5.92 Å². The summed E-state index contributed by atoms with van der Waals surface area (Å²) in [5, 5.41) is 4.21. The fraction of sp³-hybridized carbons (Fsp3) is 0.500. The van der Waals surface area contributed by atoms with Crippen LogP contribution in [0, 0.1) is 5.92 Å². The Morgan fingerprint density at radius 3 is 2.79 bits per heavy atom. The van der Waals surface area contributed by atoms with Crippen molar-refractivity contribution in [3.63, 3.8) is 0 Å². The van der Waals surface area contributed by atoms with Gasteiger partial charge in [-0.2, -0.15) is 0 Å². The second-order valence-corrected chi connectivity index (χ2v) is 10.2. The molecule has 0 spiro atoms. The van der Waals surface area contributed by atoms with Gasteiger partial charge in [-0.15, -0.1) is 0 Å². The van der Waals surface area contributed by atoms with Crippen LogP contribution in [0.5, 0.6) is 0 Å². The van der Waals surface area contributed by atoms with E-state index >= 15 is 0 Å². The summed E-state index contributed by atoms with van der Waals surface area (Å²) >= 11 is 0. The van der Waals surface area contributed by atoms with Crippen LogP contribution in [-0.2, 0) is 13.0 Å². The van der Waals surface area contributed by atoms with E-state index in [0.717, 1.165) is 67.1 Å². The molecule has 0 radical (unpaired) electrons. The van der Waals surface area contributed by atoms with Crippen molar-refractivity contribution >= 4 is 16.8 Å². The Morgan fingerprint density at radius 1 is 1.12 bits per heavy atom. The summed E-state index contributed by atoms with van der Waals surface area (Å²) in [4.78, 5) is 29.2. The van der Waals surface area contributed by atoms with E-state index in [1.165, 1.54) is 30.5 Å². The maximum atomic E-state index is 12.9. The van der Waals surface area contributed by atoms with Gasteiger partial charge >= 0.3 is 0 Å². The van der Waals surface area contributed by atoms with Crippen LogP contribution in [0.15, 0.2) is 42.7 Å². The topological polar surface area (TPSA) is 71.0 Å². The summed E-state index contributed by atoms with van der Waals surface area (Å²) < 4.78 is 0. The number of carbonyl (C=O) groups is 1. The van der Waals surface area contributed by atoms with Crippen molar-refractivity contribution in [2.45, 2.75) is 70.9 Å². The molecule has 1 aliphatic heterocycles. The van der Waals surface area contributed by atoms with Crippen molar-refractivity contribution in [1.29, 1.82) is 0 Å². The van der Waals surface area contributed by atoms with E-state index < -0.39 is 0 Å². The van der Waals surface area contributed by atoms with E-state index in [4.69, 9.17) is 4.98 Å². The molecular formula is C28H35N5O. The standard InChI is InChI=1S/C28H35N5O/c1-19(2)27-30-17-21-18-33(16-13-25(21)32-27)15-12-20-8-10-22(11-9-20)31-28(34)24-5-3-7-26-23(24)6-4-14-29-26/h3-7,14,17,19-20,22H,8-13,15-16,18H2,1-2H3,(H,31,34)/t20-,22-. The molecule has 0 atom stereocenters. The Morgan fingerprint density at radius 2 is 1.97 bits per heavy atom. The van der Waals surface area contributed by atoms with Gasteiger partial charge in [0.05, 0.1) is 5.52 Å². The van der Waals surface area contributed by atoms with Crippen molar-refractivity contribution in [2.75, 3.05) is 13.1 Å². The van der Waals surface area contributed by atoms with Gasteiger partial charge in [0.2, 0.25) is 0 Å². The molecule has 0 saturated heterocycles. The monoisotopic (exact) mass is 457 g/mol. The van der Waals surface area contributed by atoms with Crippen LogP contribution < -0.4 is 5.32 Å². The summed E-state index contributed by atoms with van der Waals surface area (Å²) in [7, 11) is 0. The number of pyridine rings is 1. The Labute approximate surface area is 202 Å². The van der Waals surface area contributed by atoms with Gasteiger partial charge < -0.3 is 5.32 Å². The maximum absolute atomic E-state index is 12.9. The van der Waals surface area contributed by atoms with Crippen molar-refractivity contribution < 1.29 is 4.79 Å². The number of fused-ring (bicyclic) bond motifs is 2. The molecule has 1 N–H and O–H groups in total. The minimum Gasteiger partial charge on any atom is -0.349 e. The van der Waals surface area contributed by atoms with Gasteiger partial charge in [-0.3, -0.25) is 14.7 Å². The van der Waals surface area contributed by atoms with E-state index in [2.05, 4.69) is 34.0 Å². The number of carbonyl (C=O) groups excluding carboxylic acids is 1. The maximum Gasteiger partial charge on any atom is 0.252 e. The molecule has 3 heterocycles. The Bertz CT molecular complexity index is 1150. The zero-order chi connectivity index (χ0) is 23.5. The van der Waals surface area contributed by atoms with Gasteiger partial charge in [0.15, 0.2) is 0 Å². The van der Waals surface area contributed by atoms with Gasteiger partial charge in [-0.1, -0.05) is 26.0 Å². The molecular weight excluding hydrogens is 422 g/mol. The van der Waals surface area contributed by atoms with Crippen molar-refractivity contribution in [1.82, 2.24) is 25.2 Å². The number of nitrogens with zero attached hydrogens (tertiary/aromatic N) is 4. The number of benzene rings is 1. The SMILES string of the molecule is CC(C)c1ncc2c(n1)CCN(CC[C@H]1CC[C@H](NC(=O)c3cccc4ncccc34)CC1)C2. The smallest absolute Gasteiger partial charge is 0.252 e. The first-order valence-corrected chi connectivity index (χ1v) is 12.8. The highest BCUT2D eigenvalue weighted by Crippen LogP contribution is 2.28. The Kier molecular flexibility index (Phi) is 6.86. The van der Waals surface area contributed by atoms with Gasteiger partial charge in [-0.05, 0) is 62.8 Å². The molecule has 2 aliphatic rings. The first-order chi connectivity index (χ1) is 16.6.